The molecule has 0 saturated carbocycles. The summed E-state index contributed by atoms with van der Waals surface area (Å²) in [7, 11) is 2.09. The molecule has 0 spiro atoms. The lowest BCUT2D eigenvalue weighted by atomic mass is 9.78. The number of nitrogens with two attached hydrogens (primary N) is 1. The smallest absolute Gasteiger partial charge is 0.0833 e. The van der Waals surface area contributed by atoms with Crippen LogP contribution in [-0.2, 0) is 0 Å². The minimum Gasteiger partial charge on any atom is -0.388 e. The van der Waals surface area contributed by atoms with Crippen molar-refractivity contribution < 1.29 is 5.11 Å². The van der Waals surface area contributed by atoms with Gasteiger partial charge in [0.05, 0.1) is 5.60 Å². The van der Waals surface area contributed by atoms with Crippen LogP contribution >= 0.6 is 0 Å². The lowest BCUT2D eigenvalue weighted by Crippen LogP contribution is -2.56. The molecule has 1 saturated heterocycles. The van der Waals surface area contributed by atoms with E-state index in [1.54, 1.807) is 0 Å². The van der Waals surface area contributed by atoms with E-state index < -0.39 is 11.1 Å². The highest BCUT2D eigenvalue weighted by atomic mass is 16.3. The highest BCUT2D eigenvalue weighted by molar-refractivity contribution is 4.98. The quantitative estimate of drug-likeness (QED) is 0.629. The molecule has 1 aliphatic rings. The van der Waals surface area contributed by atoms with Crippen molar-refractivity contribution in [3.05, 3.63) is 0 Å². The predicted molar refractivity (Wildman–Crippen MR) is 54.6 cm³/mol. The van der Waals surface area contributed by atoms with Crippen molar-refractivity contribution in [1.82, 2.24) is 4.90 Å². The fraction of sp³-hybridized carbons (Fsp3) is 1.00. The third-order valence-electron chi connectivity index (χ3n) is 3.24. The van der Waals surface area contributed by atoms with Crippen molar-refractivity contribution in [2.45, 2.75) is 44.2 Å². The van der Waals surface area contributed by atoms with Gasteiger partial charge < -0.3 is 15.7 Å². The van der Waals surface area contributed by atoms with Crippen LogP contribution in [0.1, 0.15) is 33.1 Å². The van der Waals surface area contributed by atoms with Gasteiger partial charge in [0.25, 0.3) is 0 Å². The van der Waals surface area contributed by atoms with Crippen molar-refractivity contribution in [3.63, 3.8) is 0 Å². The van der Waals surface area contributed by atoms with Crippen LogP contribution in [0.3, 0.4) is 0 Å². The monoisotopic (exact) mass is 186 g/mol. The topological polar surface area (TPSA) is 49.5 Å². The Morgan fingerprint density at radius 1 is 1.31 bits per heavy atom. The van der Waals surface area contributed by atoms with E-state index in [9.17, 15) is 5.11 Å². The zero-order valence-corrected chi connectivity index (χ0v) is 9.01. The van der Waals surface area contributed by atoms with Crippen molar-refractivity contribution in [2.75, 3.05) is 20.1 Å². The van der Waals surface area contributed by atoms with Gasteiger partial charge in [-0.1, -0.05) is 0 Å². The summed E-state index contributed by atoms with van der Waals surface area (Å²) in [4.78, 5) is 2.25. The summed E-state index contributed by atoms with van der Waals surface area (Å²) in [6, 6.07) is 0. The first-order chi connectivity index (χ1) is 5.85. The molecule has 0 aliphatic carbocycles. The molecule has 3 nitrogen and oxygen atoms in total. The number of aliphatic hydroxyl groups is 1. The van der Waals surface area contributed by atoms with Crippen LogP contribution in [0.5, 0.6) is 0 Å². The average molecular weight is 186 g/mol. The summed E-state index contributed by atoms with van der Waals surface area (Å²) in [5, 5.41) is 10.4. The van der Waals surface area contributed by atoms with Gasteiger partial charge in [-0.25, -0.2) is 0 Å². The van der Waals surface area contributed by atoms with Crippen molar-refractivity contribution in [1.29, 1.82) is 0 Å². The Bertz CT molecular complexity index is 176. The maximum absolute atomic E-state index is 10.4. The third kappa shape index (κ3) is 2.42. The number of nitrogens with zero attached hydrogens (tertiary/aromatic N) is 1. The van der Waals surface area contributed by atoms with E-state index in [4.69, 9.17) is 5.73 Å². The molecular formula is C10H22N2O. The average Bonchev–Trinajstić information content (AvgIpc) is 2.13. The number of rotatable bonds is 1. The summed E-state index contributed by atoms with van der Waals surface area (Å²) in [5.41, 5.74) is 4.82. The minimum atomic E-state index is -0.683. The molecule has 0 bridgehead atoms. The zero-order chi connectivity index (χ0) is 10.1. The summed E-state index contributed by atoms with van der Waals surface area (Å²) >= 11 is 0. The molecule has 1 aliphatic heterocycles. The molecule has 1 unspecified atom stereocenters. The van der Waals surface area contributed by atoms with E-state index in [1.807, 2.05) is 13.8 Å². The molecule has 3 N–H and O–H groups in total. The lowest BCUT2D eigenvalue weighted by Gasteiger charge is -2.39. The van der Waals surface area contributed by atoms with Gasteiger partial charge >= 0.3 is 0 Å². The number of likely N-dealkylation sites (tertiary alicyclic amines) is 1. The first kappa shape index (κ1) is 11.0. The fourth-order valence-electron chi connectivity index (χ4n) is 1.90. The van der Waals surface area contributed by atoms with Gasteiger partial charge in [-0.05, 0) is 46.7 Å². The van der Waals surface area contributed by atoms with Gasteiger partial charge in [-0.3, -0.25) is 0 Å². The highest BCUT2D eigenvalue weighted by Gasteiger charge is 2.40. The van der Waals surface area contributed by atoms with Crippen molar-refractivity contribution in [3.8, 4) is 0 Å². The molecule has 0 amide bonds. The van der Waals surface area contributed by atoms with E-state index in [1.165, 1.54) is 0 Å². The van der Waals surface area contributed by atoms with E-state index in [2.05, 4.69) is 11.9 Å². The Kier molecular flexibility index (Phi) is 3.00. The van der Waals surface area contributed by atoms with E-state index >= 15 is 0 Å². The molecule has 3 heteroatoms. The zero-order valence-electron chi connectivity index (χ0n) is 9.01. The van der Waals surface area contributed by atoms with Crippen LogP contribution in [0.15, 0.2) is 0 Å². The lowest BCUT2D eigenvalue weighted by molar-refractivity contribution is -0.0332. The first-order valence-corrected chi connectivity index (χ1v) is 5.05. The second-order valence-electron chi connectivity index (χ2n) is 4.91. The van der Waals surface area contributed by atoms with Gasteiger partial charge in [-0.15, -0.1) is 0 Å². The summed E-state index contributed by atoms with van der Waals surface area (Å²) < 4.78 is 0. The van der Waals surface area contributed by atoms with Crippen LogP contribution in [-0.4, -0.2) is 41.3 Å². The fourth-order valence-corrected chi connectivity index (χ4v) is 1.90. The molecule has 1 atom stereocenters. The second-order valence-corrected chi connectivity index (χ2v) is 4.91. The summed E-state index contributed by atoms with van der Waals surface area (Å²) in [6.45, 7) is 5.84. The largest absolute Gasteiger partial charge is 0.388 e. The molecule has 0 aromatic heterocycles. The van der Waals surface area contributed by atoms with Crippen LogP contribution < -0.4 is 5.73 Å². The number of hydrogen-bond acceptors (Lipinski definition) is 3. The molecule has 0 aromatic rings. The Morgan fingerprint density at radius 2 is 1.92 bits per heavy atom. The van der Waals surface area contributed by atoms with Gasteiger partial charge in [0.1, 0.15) is 0 Å². The maximum Gasteiger partial charge on any atom is 0.0833 e. The standard InChI is InChI=1S/C10H22N2O/c1-9(2,11)10(13)5-4-7-12(3)8-6-10/h13H,4-8,11H2,1-3H3. The van der Waals surface area contributed by atoms with E-state index in [0.29, 0.717) is 0 Å². The number of hydrogen-bond donors (Lipinski definition) is 2. The van der Waals surface area contributed by atoms with Crippen LogP contribution in [0.25, 0.3) is 0 Å². The van der Waals surface area contributed by atoms with Crippen molar-refractivity contribution in [2.24, 2.45) is 5.73 Å². The Labute approximate surface area is 80.9 Å². The van der Waals surface area contributed by atoms with Crippen LogP contribution in [0.4, 0.5) is 0 Å². The molecule has 1 fully saturated rings. The van der Waals surface area contributed by atoms with Crippen molar-refractivity contribution >= 4 is 0 Å². The molecule has 0 aromatic carbocycles. The Morgan fingerprint density at radius 3 is 2.46 bits per heavy atom. The van der Waals surface area contributed by atoms with Crippen LogP contribution in [0.2, 0.25) is 0 Å². The normalized spacial score (nSPS) is 33.0. The highest BCUT2D eigenvalue weighted by Crippen LogP contribution is 2.30. The van der Waals surface area contributed by atoms with Crippen LogP contribution in [0, 0.1) is 0 Å². The van der Waals surface area contributed by atoms with E-state index in [0.717, 1.165) is 32.4 Å². The van der Waals surface area contributed by atoms with Gasteiger partial charge in [0.15, 0.2) is 0 Å². The van der Waals surface area contributed by atoms with Gasteiger partial charge in [0, 0.05) is 12.1 Å². The summed E-state index contributed by atoms with van der Waals surface area (Å²) in [6.07, 6.45) is 2.64. The Balaban J connectivity index is 2.68. The molecule has 1 heterocycles. The van der Waals surface area contributed by atoms with E-state index in [-0.39, 0.29) is 0 Å². The molecule has 1 rings (SSSR count). The Hall–Kier alpha value is -0.120. The predicted octanol–water partition coefficient (Wildman–Crippen LogP) is 0.570. The first-order valence-electron chi connectivity index (χ1n) is 5.05. The second kappa shape index (κ2) is 3.56. The van der Waals surface area contributed by atoms with Gasteiger partial charge in [-0.2, -0.15) is 0 Å². The minimum absolute atomic E-state index is 0.488. The van der Waals surface area contributed by atoms with Gasteiger partial charge in [0.2, 0.25) is 0 Å². The molecular weight excluding hydrogens is 164 g/mol. The third-order valence-corrected chi connectivity index (χ3v) is 3.24. The SMILES string of the molecule is CN1CCCC(O)(C(C)(C)N)CC1. The molecule has 13 heavy (non-hydrogen) atoms. The summed E-state index contributed by atoms with van der Waals surface area (Å²) in [5.74, 6) is 0. The maximum atomic E-state index is 10.4. The molecule has 78 valence electrons. The molecule has 0 radical (unpaired) electrons.